The molecule has 1 unspecified atom stereocenters. The molecular weight excluding hydrogens is 347 g/mol. The van der Waals surface area contributed by atoms with Gasteiger partial charge in [-0.05, 0) is 43.7 Å². The molecule has 126 valence electrons. The minimum Gasteiger partial charge on any atom is -0.455 e. The minimum absolute atomic E-state index is 0.0932. The first-order chi connectivity index (χ1) is 11.6. The Balaban J connectivity index is 1.84. The molecule has 1 atom stereocenters. The highest BCUT2D eigenvalue weighted by Crippen LogP contribution is 2.33. The van der Waals surface area contributed by atoms with Gasteiger partial charge in [-0.1, -0.05) is 41.4 Å². The first-order valence-electron chi connectivity index (χ1n) is 7.87. The third-order valence-electron chi connectivity index (χ3n) is 3.89. The lowest BCUT2D eigenvalue weighted by molar-refractivity contribution is 0.0928. The molecule has 0 bridgehead atoms. The number of nitrogens with one attached hydrogen (secondary N) is 2. The van der Waals surface area contributed by atoms with Gasteiger partial charge in [-0.3, -0.25) is 4.79 Å². The molecule has 2 aromatic carbocycles. The number of ether oxygens (including phenoxy) is 1. The minimum atomic E-state index is -0.239. The maximum absolute atomic E-state index is 12.7. The van der Waals surface area contributed by atoms with Crippen LogP contribution in [0.4, 0.5) is 0 Å². The second-order valence-electron chi connectivity index (χ2n) is 5.66. The van der Waals surface area contributed by atoms with Gasteiger partial charge in [-0.2, -0.15) is 0 Å². The Morgan fingerprint density at radius 3 is 2.58 bits per heavy atom. The molecule has 3 rings (SSSR count). The van der Waals surface area contributed by atoms with Crippen LogP contribution in [0.15, 0.2) is 42.5 Å². The van der Waals surface area contributed by atoms with E-state index in [9.17, 15) is 4.79 Å². The van der Waals surface area contributed by atoms with Crippen LogP contribution in [-0.4, -0.2) is 25.0 Å². The summed E-state index contributed by atoms with van der Waals surface area (Å²) in [6.45, 7) is 1.75. The van der Waals surface area contributed by atoms with E-state index < -0.39 is 0 Å². The number of benzene rings is 2. The highest BCUT2D eigenvalue weighted by molar-refractivity contribution is 6.34. The average molecular weight is 365 g/mol. The molecule has 1 amide bonds. The molecule has 6 heteroatoms. The summed E-state index contributed by atoms with van der Waals surface area (Å²) in [6, 6.07) is 12.3. The Kier molecular flexibility index (Phi) is 5.61. The number of carbonyl (C=O) groups is 1. The molecule has 0 aromatic heterocycles. The van der Waals surface area contributed by atoms with E-state index in [-0.39, 0.29) is 11.9 Å². The normalized spacial score (nSPS) is 17.3. The number of hydrogen-bond acceptors (Lipinski definition) is 3. The van der Waals surface area contributed by atoms with Crippen LogP contribution in [0.2, 0.25) is 10.0 Å². The predicted molar refractivity (Wildman–Crippen MR) is 96.3 cm³/mol. The summed E-state index contributed by atoms with van der Waals surface area (Å²) >= 11 is 12.4. The van der Waals surface area contributed by atoms with E-state index in [2.05, 4.69) is 10.6 Å². The fraction of sp³-hybridized carbons (Fsp3) is 0.278. The summed E-state index contributed by atoms with van der Waals surface area (Å²) in [5, 5.41) is 7.11. The van der Waals surface area contributed by atoms with Gasteiger partial charge in [0.15, 0.2) is 0 Å². The van der Waals surface area contributed by atoms with E-state index in [0.29, 0.717) is 27.1 Å². The molecule has 1 aliphatic heterocycles. The Labute approximate surface area is 151 Å². The molecule has 24 heavy (non-hydrogen) atoms. The fourth-order valence-electron chi connectivity index (χ4n) is 2.69. The first kappa shape index (κ1) is 17.1. The smallest absolute Gasteiger partial charge is 0.256 e. The summed E-state index contributed by atoms with van der Waals surface area (Å²) in [6.07, 6.45) is 1.99. The topological polar surface area (TPSA) is 50.4 Å². The second kappa shape index (κ2) is 7.88. The van der Waals surface area contributed by atoms with E-state index in [1.165, 1.54) is 0 Å². The Hall–Kier alpha value is -1.75. The zero-order valence-corrected chi connectivity index (χ0v) is 14.5. The third kappa shape index (κ3) is 4.01. The van der Waals surface area contributed by atoms with Crippen LogP contribution < -0.4 is 15.4 Å². The number of amides is 1. The Morgan fingerprint density at radius 1 is 1.08 bits per heavy atom. The summed E-state index contributed by atoms with van der Waals surface area (Å²) in [5.41, 5.74) is 0.324. The van der Waals surface area contributed by atoms with Crippen molar-refractivity contribution in [2.24, 2.45) is 0 Å². The molecule has 1 fully saturated rings. The quantitative estimate of drug-likeness (QED) is 0.851. The molecule has 1 aliphatic rings. The Morgan fingerprint density at radius 2 is 1.83 bits per heavy atom. The number of halogens is 2. The predicted octanol–water partition coefficient (Wildman–Crippen LogP) is 4.27. The molecular formula is C18H18Cl2N2O2. The standard InChI is InChI=1S/C18H18Cl2N2O2/c19-13-6-1-2-8-15(13)24-16-9-3-7-14(20)17(16)18(23)22-12-5-4-10-21-11-12/h1-3,6-9,12,21H,4-5,10-11H2,(H,22,23). The number of para-hydroxylation sites is 1. The molecule has 2 aromatic rings. The summed E-state index contributed by atoms with van der Waals surface area (Å²) in [4.78, 5) is 12.7. The monoisotopic (exact) mass is 364 g/mol. The van der Waals surface area contributed by atoms with Gasteiger partial charge in [0.1, 0.15) is 17.1 Å². The molecule has 4 nitrogen and oxygen atoms in total. The second-order valence-corrected chi connectivity index (χ2v) is 6.48. The zero-order valence-electron chi connectivity index (χ0n) is 13.0. The van der Waals surface area contributed by atoms with E-state index in [1.54, 1.807) is 30.3 Å². The SMILES string of the molecule is O=C(NC1CCCNC1)c1c(Cl)cccc1Oc1ccccc1Cl. The highest BCUT2D eigenvalue weighted by Gasteiger charge is 2.22. The molecule has 2 N–H and O–H groups in total. The van der Waals surface area contributed by atoms with Gasteiger partial charge >= 0.3 is 0 Å². The summed E-state index contributed by atoms with van der Waals surface area (Å²) in [7, 11) is 0. The van der Waals surface area contributed by atoms with Crippen LogP contribution in [0.25, 0.3) is 0 Å². The van der Waals surface area contributed by atoms with Crippen molar-refractivity contribution in [3.63, 3.8) is 0 Å². The van der Waals surface area contributed by atoms with Crippen molar-refractivity contribution < 1.29 is 9.53 Å². The maximum atomic E-state index is 12.7. The van der Waals surface area contributed by atoms with Crippen LogP contribution in [0.5, 0.6) is 11.5 Å². The summed E-state index contributed by atoms with van der Waals surface area (Å²) in [5.74, 6) is 0.628. The van der Waals surface area contributed by atoms with Gasteiger partial charge < -0.3 is 15.4 Å². The largest absolute Gasteiger partial charge is 0.455 e. The van der Waals surface area contributed by atoms with E-state index in [4.69, 9.17) is 27.9 Å². The van der Waals surface area contributed by atoms with Gasteiger partial charge in [0.05, 0.1) is 10.0 Å². The van der Waals surface area contributed by atoms with E-state index >= 15 is 0 Å². The molecule has 1 heterocycles. The van der Waals surface area contributed by atoms with Crippen molar-refractivity contribution in [1.29, 1.82) is 0 Å². The lowest BCUT2D eigenvalue weighted by Crippen LogP contribution is -2.45. The van der Waals surface area contributed by atoms with Crippen molar-refractivity contribution >= 4 is 29.1 Å². The fourth-order valence-corrected chi connectivity index (χ4v) is 3.11. The average Bonchev–Trinajstić information content (AvgIpc) is 2.58. The van der Waals surface area contributed by atoms with Crippen molar-refractivity contribution in [2.45, 2.75) is 18.9 Å². The van der Waals surface area contributed by atoms with Crippen molar-refractivity contribution in [2.75, 3.05) is 13.1 Å². The first-order valence-corrected chi connectivity index (χ1v) is 8.63. The highest BCUT2D eigenvalue weighted by atomic mass is 35.5. The van der Waals surface area contributed by atoms with Crippen molar-refractivity contribution in [3.05, 3.63) is 58.1 Å². The number of carbonyl (C=O) groups excluding carboxylic acids is 1. The lowest BCUT2D eigenvalue weighted by atomic mass is 10.1. The molecule has 0 saturated carbocycles. The number of piperidine rings is 1. The van der Waals surface area contributed by atoms with Crippen LogP contribution in [0, 0.1) is 0 Å². The van der Waals surface area contributed by atoms with Gasteiger partial charge in [0.2, 0.25) is 0 Å². The third-order valence-corrected chi connectivity index (χ3v) is 4.52. The van der Waals surface area contributed by atoms with Gasteiger partial charge in [0.25, 0.3) is 5.91 Å². The van der Waals surface area contributed by atoms with Crippen molar-refractivity contribution in [3.8, 4) is 11.5 Å². The summed E-state index contributed by atoms with van der Waals surface area (Å²) < 4.78 is 5.84. The number of rotatable bonds is 4. The zero-order chi connectivity index (χ0) is 16.9. The Bertz CT molecular complexity index is 731. The van der Waals surface area contributed by atoms with Crippen LogP contribution in [0.3, 0.4) is 0 Å². The molecule has 0 aliphatic carbocycles. The van der Waals surface area contributed by atoms with Gasteiger partial charge in [-0.15, -0.1) is 0 Å². The lowest BCUT2D eigenvalue weighted by Gasteiger charge is -2.24. The van der Waals surface area contributed by atoms with Crippen LogP contribution in [-0.2, 0) is 0 Å². The molecule has 0 radical (unpaired) electrons. The van der Waals surface area contributed by atoms with E-state index in [1.807, 2.05) is 12.1 Å². The molecule has 1 saturated heterocycles. The van der Waals surface area contributed by atoms with Crippen molar-refractivity contribution in [1.82, 2.24) is 10.6 Å². The van der Waals surface area contributed by atoms with Gasteiger partial charge in [-0.25, -0.2) is 0 Å². The van der Waals surface area contributed by atoms with Crippen LogP contribution in [0.1, 0.15) is 23.2 Å². The van der Waals surface area contributed by atoms with Crippen LogP contribution >= 0.6 is 23.2 Å². The maximum Gasteiger partial charge on any atom is 0.256 e. The van der Waals surface area contributed by atoms with Gasteiger partial charge in [0, 0.05) is 12.6 Å². The van der Waals surface area contributed by atoms with E-state index in [0.717, 1.165) is 25.9 Å². The number of hydrogen-bond donors (Lipinski definition) is 2. The molecule has 0 spiro atoms.